The quantitative estimate of drug-likeness (QED) is 0.409. The van der Waals surface area contributed by atoms with Gasteiger partial charge in [0.05, 0.1) is 18.7 Å². The first kappa shape index (κ1) is 21.2. The summed E-state index contributed by atoms with van der Waals surface area (Å²) in [6.07, 6.45) is 8.56. The zero-order valence-corrected chi connectivity index (χ0v) is 19.2. The lowest BCUT2D eigenvalue weighted by Gasteiger charge is -2.30. The molecule has 3 heterocycles. The van der Waals surface area contributed by atoms with Gasteiger partial charge < -0.3 is 14.2 Å². The highest BCUT2D eigenvalue weighted by atomic mass is 16.5. The van der Waals surface area contributed by atoms with Crippen molar-refractivity contribution in [2.24, 2.45) is 5.92 Å². The van der Waals surface area contributed by atoms with E-state index in [4.69, 9.17) is 4.74 Å². The highest BCUT2D eigenvalue weighted by molar-refractivity contribution is 5.97. The lowest BCUT2D eigenvalue weighted by atomic mass is 9.98. The molecule has 5 nitrogen and oxygen atoms in total. The molecule has 166 valence electrons. The fourth-order valence-electron chi connectivity index (χ4n) is 4.98. The van der Waals surface area contributed by atoms with Gasteiger partial charge >= 0.3 is 0 Å². The number of aromatic nitrogens is 2. The molecule has 1 saturated heterocycles. The lowest BCUT2D eigenvalue weighted by Crippen LogP contribution is -2.33. The average molecular weight is 437 g/mol. The first-order valence-corrected chi connectivity index (χ1v) is 11.5. The second kappa shape index (κ2) is 9.09. The maximum absolute atomic E-state index is 9.51. The summed E-state index contributed by atoms with van der Waals surface area (Å²) in [6.45, 7) is 3.29. The zero-order chi connectivity index (χ0) is 22.8. The van der Waals surface area contributed by atoms with Crippen LogP contribution in [0.1, 0.15) is 18.4 Å². The third kappa shape index (κ3) is 4.35. The third-order valence-electron chi connectivity index (χ3n) is 6.66. The van der Waals surface area contributed by atoms with Crippen LogP contribution >= 0.6 is 0 Å². The standard InChI is InChI=1S/C28H28N4O/c1-31-11-3-4-21(17-31)18-32-19-27(26-12-20(14-29)5-10-28(26)32)24-13-23(15-30-16-24)22-6-8-25(33-2)9-7-22/h5-10,12-13,15-16,19,21H,3-4,11,17-18H2,1-2H3. The van der Waals surface area contributed by atoms with Crippen molar-refractivity contribution in [3.63, 3.8) is 0 Å². The van der Waals surface area contributed by atoms with Gasteiger partial charge in [-0.15, -0.1) is 0 Å². The summed E-state index contributed by atoms with van der Waals surface area (Å²) in [6, 6.07) is 18.5. The van der Waals surface area contributed by atoms with Crippen LogP contribution in [0.3, 0.4) is 0 Å². The van der Waals surface area contributed by atoms with Crippen LogP contribution in [-0.2, 0) is 6.54 Å². The Morgan fingerprint density at radius 2 is 1.88 bits per heavy atom. The SMILES string of the molecule is COc1ccc(-c2cncc(-c3cn(CC4CCCN(C)C4)c4ccc(C#N)cc34)c2)cc1. The summed E-state index contributed by atoms with van der Waals surface area (Å²) in [5.41, 5.74) is 6.18. The highest BCUT2D eigenvalue weighted by Gasteiger charge is 2.20. The number of ether oxygens (including phenoxy) is 1. The number of fused-ring (bicyclic) bond motifs is 1. The van der Waals surface area contributed by atoms with Crippen molar-refractivity contribution in [3.05, 3.63) is 72.7 Å². The summed E-state index contributed by atoms with van der Waals surface area (Å²) in [7, 11) is 3.88. The smallest absolute Gasteiger partial charge is 0.118 e. The van der Waals surface area contributed by atoms with Crippen LogP contribution in [0.25, 0.3) is 33.2 Å². The van der Waals surface area contributed by atoms with Crippen molar-refractivity contribution in [2.45, 2.75) is 19.4 Å². The highest BCUT2D eigenvalue weighted by Crippen LogP contribution is 2.34. The molecule has 5 rings (SSSR count). The number of likely N-dealkylation sites (tertiary alicyclic amines) is 1. The molecule has 1 aliphatic heterocycles. The number of piperidine rings is 1. The van der Waals surface area contributed by atoms with Gasteiger partial charge in [-0.2, -0.15) is 5.26 Å². The third-order valence-corrected chi connectivity index (χ3v) is 6.66. The van der Waals surface area contributed by atoms with E-state index in [9.17, 15) is 5.26 Å². The molecule has 33 heavy (non-hydrogen) atoms. The van der Waals surface area contributed by atoms with E-state index >= 15 is 0 Å². The minimum atomic E-state index is 0.631. The molecule has 1 aliphatic rings. The monoisotopic (exact) mass is 436 g/mol. The maximum Gasteiger partial charge on any atom is 0.118 e. The van der Waals surface area contributed by atoms with Crippen LogP contribution in [-0.4, -0.2) is 41.7 Å². The molecule has 1 atom stereocenters. The number of benzene rings is 2. The Balaban J connectivity index is 1.56. The van der Waals surface area contributed by atoms with Crippen molar-refractivity contribution >= 4 is 10.9 Å². The van der Waals surface area contributed by atoms with Crippen molar-refractivity contribution in [2.75, 3.05) is 27.2 Å². The Kier molecular flexibility index (Phi) is 5.85. The molecule has 0 radical (unpaired) electrons. The van der Waals surface area contributed by atoms with Crippen LogP contribution in [0.2, 0.25) is 0 Å². The summed E-state index contributed by atoms with van der Waals surface area (Å²) in [5, 5.41) is 10.6. The van der Waals surface area contributed by atoms with E-state index in [1.54, 1.807) is 7.11 Å². The van der Waals surface area contributed by atoms with Crippen LogP contribution in [0.4, 0.5) is 0 Å². The predicted molar refractivity (Wildman–Crippen MR) is 132 cm³/mol. The van der Waals surface area contributed by atoms with E-state index in [-0.39, 0.29) is 0 Å². The van der Waals surface area contributed by atoms with Crippen molar-refractivity contribution in [1.29, 1.82) is 5.26 Å². The molecule has 4 aromatic rings. The Morgan fingerprint density at radius 1 is 1.06 bits per heavy atom. The van der Waals surface area contributed by atoms with E-state index in [1.165, 1.54) is 24.9 Å². The average Bonchev–Trinajstić information content (AvgIpc) is 3.21. The molecule has 0 N–H and O–H groups in total. The molecule has 0 aliphatic carbocycles. The van der Waals surface area contributed by atoms with Gasteiger partial charge in [-0.3, -0.25) is 4.98 Å². The first-order chi connectivity index (χ1) is 16.1. The van der Waals surface area contributed by atoms with Gasteiger partial charge in [0.2, 0.25) is 0 Å². The predicted octanol–water partition coefficient (Wildman–Crippen LogP) is 5.59. The second-order valence-corrected chi connectivity index (χ2v) is 9.00. The van der Waals surface area contributed by atoms with E-state index < -0.39 is 0 Å². The molecule has 5 heteroatoms. The minimum Gasteiger partial charge on any atom is -0.497 e. The molecule has 0 saturated carbocycles. The molecule has 1 unspecified atom stereocenters. The zero-order valence-electron chi connectivity index (χ0n) is 19.2. The van der Waals surface area contributed by atoms with E-state index in [0.717, 1.165) is 46.5 Å². The van der Waals surface area contributed by atoms with Gasteiger partial charge in [0.15, 0.2) is 0 Å². The van der Waals surface area contributed by atoms with Crippen LogP contribution in [0, 0.1) is 17.2 Å². The van der Waals surface area contributed by atoms with Crippen LogP contribution in [0.15, 0.2) is 67.1 Å². The number of methoxy groups -OCH3 is 1. The molecule has 2 aromatic carbocycles. The van der Waals surface area contributed by atoms with Crippen molar-refractivity contribution in [3.8, 4) is 34.1 Å². The summed E-state index contributed by atoms with van der Waals surface area (Å²) < 4.78 is 7.66. The Hall–Kier alpha value is -3.62. The molecule has 0 amide bonds. The fourth-order valence-corrected chi connectivity index (χ4v) is 4.98. The number of hydrogen-bond acceptors (Lipinski definition) is 4. The molecule has 0 bridgehead atoms. The Morgan fingerprint density at radius 3 is 2.64 bits per heavy atom. The number of hydrogen-bond donors (Lipinski definition) is 0. The number of nitriles is 1. The summed E-state index contributed by atoms with van der Waals surface area (Å²) in [5.74, 6) is 1.47. The minimum absolute atomic E-state index is 0.631. The van der Waals surface area contributed by atoms with Gasteiger partial charge in [0.25, 0.3) is 0 Å². The van der Waals surface area contributed by atoms with Gasteiger partial charge in [-0.1, -0.05) is 12.1 Å². The first-order valence-electron chi connectivity index (χ1n) is 11.5. The maximum atomic E-state index is 9.51. The molecular weight excluding hydrogens is 408 g/mol. The van der Waals surface area contributed by atoms with Crippen LogP contribution in [0.5, 0.6) is 5.75 Å². The van der Waals surface area contributed by atoms with E-state index in [2.05, 4.69) is 58.0 Å². The summed E-state index contributed by atoms with van der Waals surface area (Å²) >= 11 is 0. The number of pyridine rings is 1. The second-order valence-electron chi connectivity index (χ2n) is 9.00. The fraction of sp³-hybridized carbons (Fsp3) is 0.286. The number of rotatable bonds is 5. The van der Waals surface area contributed by atoms with Gasteiger partial charge in [0.1, 0.15) is 5.75 Å². The molecule has 0 spiro atoms. The number of nitrogens with zero attached hydrogens (tertiary/aromatic N) is 4. The van der Waals surface area contributed by atoms with Gasteiger partial charge in [-0.05, 0) is 74.3 Å². The molecule has 2 aromatic heterocycles. The Labute approximate surface area is 194 Å². The van der Waals surface area contributed by atoms with Crippen molar-refractivity contribution in [1.82, 2.24) is 14.5 Å². The largest absolute Gasteiger partial charge is 0.497 e. The van der Waals surface area contributed by atoms with Crippen molar-refractivity contribution < 1.29 is 4.74 Å². The van der Waals surface area contributed by atoms with Crippen LogP contribution < -0.4 is 4.74 Å². The Bertz CT molecular complexity index is 1320. The summed E-state index contributed by atoms with van der Waals surface area (Å²) in [4.78, 5) is 6.98. The normalized spacial score (nSPS) is 16.6. The van der Waals surface area contributed by atoms with Gasteiger partial charge in [0, 0.05) is 59.3 Å². The van der Waals surface area contributed by atoms with E-state index in [1.807, 2.05) is 36.7 Å². The van der Waals surface area contributed by atoms with E-state index in [0.29, 0.717) is 11.5 Å². The van der Waals surface area contributed by atoms with Gasteiger partial charge in [-0.25, -0.2) is 0 Å². The topological polar surface area (TPSA) is 54.1 Å². The molecular formula is C28H28N4O. The molecule has 1 fully saturated rings. The lowest BCUT2D eigenvalue weighted by molar-refractivity contribution is 0.196.